The zero-order valence-electron chi connectivity index (χ0n) is 16.3. The van der Waals surface area contributed by atoms with Crippen molar-refractivity contribution in [1.82, 2.24) is 10.2 Å². The monoisotopic (exact) mass is 369 g/mol. The molecule has 0 saturated carbocycles. The first-order chi connectivity index (χ1) is 12.8. The summed E-state index contributed by atoms with van der Waals surface area (Å²) in [6, 6.07) is 5.58. The second-order valence-corrected chi connectivity index (χ2v) is 8.41. The van der Waals surface area contributed by atoms with Crippen molar-refractivity contribution in [2.75, 3.05) is 11.9 Å². The van der Waals surface area contributed by atoms with E-state index in [1.807, 2.05) is 45.9 Å². The van der Waals surface area contributed by atoms with E-state index in [-0.39, 0.29) is 29.7 Å². The maximum absolute atomic E-state index is 13.4. The molecular formula is C21H27N3O3. The molecule has 2 fully saturated rings. The fourth-order valence-corrected chi connectivity index (χ4v) is 5.02. The smallest absolute Gasteiger partial charge is 0.250 e. The van der Waals surface area contributed by atoms with E-state index >= 15 is 0 Å². The molecule has 0 aromatic heterocycles. The zero-order chi connectivity index (χ0) is 19.5. The number of likely N-dealkylation sites (tertiary alicyclic amines) is 1. The number of amides is 3. The van der Waals surface area contributed by atoms with Crippen LogP contribution in [-0.4, -0.2) is 35.2 Å². The highest BCUT2D eigenvalue weighted by Crippen LogP contribution is 2.54. The van der Waals surface area contributed by atoms with Crippen LogP contribution in [0.25, 0.3) is 0 Å². The summed E-state index contributed by atoms with van der Waals surface area (Å²) in [6.45, 7) is 8.51. The minimum absolute atomic E-state index is 0.126. The predicted molar refractivity (Wildman–Crippen MR) is 102 cm³/mol. The predicted octanol–water partition coefficient (Wildman–Crippen LogP) is 2.17. The lowest BCUT2D eigenvalue weighted by molar-refractivity contribution is -0.143. The molecule has 0 aliphatic carbocycles. The van der Waals surface area contributed by atoms with E-state index in [1.165, 1.54) is 4.90 Å². The van der Waals surface area contributed by atoms with E-state index in [9.17, 15) is 14.4 Å². The third kappa shape index (κ3) is 2.32. The number of nitrogens with zero attached hydrogens (tertiary/aromatic N) is 1. The van der Waals surface area contributed by atoms with E-state index < -0.39 is 17.4 Å². The molecular weight excluding hydrogens is 342 g/mol. The lowest BCUT2D eigenvalue weighted by atomic mass is 9.75. The summed E-state index contributed by atoms with van der Waals surface area (Å²) in [6.07, 6.45) is 1.69. The SMILES string of the molecule is CCCCN1C(=O)[C@H]2[C@@H](C1=O)[C@@]1(N[C@H]2C(C)C)C(=O)Nc2ccc(C)cc21. The van der Waals surface area contributed by atoms with Gasteiger partial charge in [0.1, 0.15) is 5.54 Å². The van der Waals surface area contributed by atoms with Gasteiger partial charge in [0.05, 0.1) is 11.8 Å². The third-order valence-corrected chi connectivity index (χ3v) is 6.35. The second kappa shape index (κ2) is 6.16. The third-order valence-electron chi connectivity index (χ3n) is 6.35. The summed E-state index contributed by atoms with van der Waals surface area (Å²) < 4.78 is 0. The van der Waals surface area contributed by atoms with Crippen LogP contribution in [0.4, 0.5) is 5.69 Å². The van der Waals surface area contributed by atoms with Crippen molar-refractivity contribution in [3.8, 4) is 0 Å². The number of anilines is 1. The van der Waals surface area contributed by atoms with Crippen LogP contribution in [0.2, 0.25) is 0 Å². The van der Waals surface area contributed by atoms with Gasteiger partial charge in [-0.1, -0.05) is 44.9 Å². The fraction of sp³-hybridized carbons (Fsp3) is 0.571. The standard InChI is InChI=1S/C21H27N3O3/c1-5-6-9-24-18(25)15-16(19(24)26)21(23-17(15)11(2)3)13-10-12(4)7-8-14(13)22-20(21)27/h7-8,10-11,15-17,23H,5-6,9H2,1-4H3,(H,22,27)/t15-,16-,17-,21+/m0/s1. The van der Waals surface area contributed by atoms with Crippen LogP contribution in [0.15, 0.2) is 18.2 Å². The Morgan fingerprint density at radius 2 is 1.93 bits per heavy atom. The molecule has 4 atom stereocenters. The van der Waals surface area contributed by atoms with Crippen molar-refractivity contribution in [3.63, 3.8) is 0 Å². The molecule has 2 N–H and O–H groups in total. The maximum Gasteiger partial charge on any atom is 0.250 e. The molecule has 3 heterocycles. The largest absolute Gasteiger partial charge is 0.324 e. The van der Waals surface area contributed by atoms with Crippen molar-refractivity contribution in [2.45, 2.75) is 52.1 Å². The molecule has 3 amide bonds. The number of fused-ring (bicyclic) bond motifs is 4. The number of hydrogen-bond acceptors (Lipinski definition) is 4. The molecule has 1 spiro atoms. The Kier molecular flexibility index (Phi) is 4.14. The Morgan fingerprint density at radius 3 is 2.59 bits per heavy atom. The number of imide groups is 1. The molecule has 0 bridgehead atoms. The minimum Gasteiger partial charge on any atom is -0.324 e. The van der Waals surface area contributed by atoms with Crippen LogP contribution < -0.4 is 10.6 Å². The summed E-state index contributed by atoms with van der Waals surface area (Å²) in [7, 11) is 0. The fourth-order valence-electron chi connectivity index (χ4n) is 5.02. The van der Waals surface area contributed by atoms with Gasteiger partial charge in [-0.15, -0.1) is 0 Å². The zero-order valence-corrected chi connectivity index (χ0v) is 16.3. The molecule has 2 saturated heterocycles. The quantitative estimate of drug-likeness (QED) is 0.798. The van der Waals surface area contributed by atoms with Gasteiger partial charge in [0.25, 0.3) is 0 Å². The molecule has 6 nitrogen and oxygen atoms in total. The summed E-state index contributed by atoms with van der Waals surface area (Å²) >= 11 is 0. The molecule has 27 heavy (non-hydrogen) atoms. The first-order valence-corrected chi connectivity index (χ1v) is 9.88. The van der Waals surface area contributed by atoms with Crippen LogP contribution >= 0.6 is 0 Å². The number of nitrogens with one attached hydrogen (secondary N) is 2. The van der Waals surface area contributed by atoms with Gasteiger partial charge in [-0.3, -0.25) is 24.6 Å². The van der Waals surface area contributed by atoms with Gasteiger partial charge < -0.3 is 5.32 Å². The van der Waals surface area contributed by atoms with Gasteiger partial charge in [0.15, 0.2) is 0 Å². The minimum atomic E-state index is -1.16. The molecule has 1 aromatic rings. The average molecular weight is 369 g/mol. The van der Waals surface area contributed by atoms with Crippen LogP contribution in [0, 0.1) is 24.7 Å². The number of carbonyl (C=O) groups excluding carboxylic acids is 3. The number of carbonyl (C=O) groups is 3. The highest BCUT2D eigenvalue weighted by Gasteiger charge is 2.70. The van der Waals surface area contributed by atoms with Crippen LogP contribution in [-0.2, 0) is 19.9 Å². The lowest BCUT2D eigenvalue weighted by Crippen LogP contribution is -2.54. The summed E-state index contributed by atoms with van der Waals surface area (Å²) in [4.78, 5) is 41.1. The maximum atomic E-state index is 13.4. The normalized spacial score (nSPS) is 31.8. The van der Waals surface area contributed by atoms with Crippen molar-refractivity contribution in [3.05, 3.63) is 29.3 Å². The van der Waals surface area contributed by atoms with Crippen molar-refractivity contribution < 1.29 is 14.4 Å². The number of rotatable bonds is 4. The van der Waals surface area contributed by atoms with Gasteiger partial charge in [-0.05, 0) is 25.3 Å². The van der Waals surface area contributed by atoms with E-state index in [0.29, 0.717) is 6.54 Å². The Balaban J connectivity index is 1.86. The molecule has 6 heteroatoms. The Bertz CT molecular complexity index is 834. The van der Waals surface area contributed by atoms with Crippen molar-refractivity contribution in [2.24, 2.45) is 17.8 Å². The molecule has 4 rings (SSSR count). The Hall–Kier alpha value is -2.21. The molecule has 0 radical (unpaired) electrons. The number of unbranched alkanes of at least 4 members (excludes halogenated alkanes) is 1. The van der Waals surface area contributed by atoms with Crippen LogP contribution in [0.3, 0.4) is 0 Å². The average Bonchev–Trinajstić information content (AvgIpc) is 3.20. The van der Waals surface area contributed by atoms with Gasteiger partial charge in [-0.2, -0.15) is 0 Å². The van der Waals surface area contributed by atoms with Crippen LogP contribution in [0.5, 0.6) is 0 Å². The lowest BCUT2D eigenvalue weighted by Gasteiger charge is -2.30. The van der Waals surface area contributed by atoms with E-state index in [1.54, 1.807) is 0 Å². The Labute approximate surface area is 159 Å². The number of aryl methyl sites for hydroxylation is 1. The molecule has 144 valence electrons. The molecule has 3 aliphatic heterocycles. The first kappa shape index (κ1) is 18.2. The first-order valence-electron chi connectivity index (χ1n) is 9.88. The highest BCUT2D eigenvalue weighted by molar-refractivity contribution is 6.15. The molecule has 1 aromatic carbocycles. The van der Waals surface area contributed by atoms with E-state index in [0.717, 1.165) is 29.7 Å². The molecule has 0 unspecified atom stereocenters. The highest BCUT2D eigenvalue weighted by atomic mass is 16.2. The van der Waals surface area contributed by atoms with Gasteiger partial charge in [-0.25, -0.2) is 0 Å². The summed E-state index contributed by atoms with van der Waals surface area (Å²) in [5.41, 5.74) is 1.39. The van der Waals surface area contributed by atoms with E-state index in [2.05, 4.69) is 10.6 Å². The van der Waals surface area contributed by atoms with Crippen LogP contribution in [0.1, 0.15) is 44.7 Å². The van der Waals surface area contributed by atoms with E-state index in [4.69, 9.17) is 0 Å². The number of benzene rings is 1. The van der Waals surface area contributed by atoms with Gasteiger partial charge >= 0.3 is 0 Å². The second-order valence-electron chi connectivity index (χ2n) is 8.41. The summed E-state index contributed by atoms with van der Waals surface area (Å²) in [5.74, 6) is -1.61. The Morgan fingerprint density at radius 1 is 1.19 bits per heavy atom. The van der Waals surface area contributed by atoms with Gasteiger partial charge in [0.2, 0.25) is 17.7 Å². The van der Waals surface area contributed by atoms with Crippen molar-refractivity contribution >= 4 is 23.4 Å². The van der Waals surface area contributed by atoms with Crippen molar-refractivity contribution in [1.29, 1.82) is 0 Å². The number of hydrogen-bond donors (Lipinski definition) is 2. The van der Waals surface area contributed by atoms with Gasteiger partial charge in [0, 0.05) is 23.8 Å². The topological polar surface area (TPSA) is 78.5 Å². The molecule has 3 aliphatic rings. The summed E-state index contributed by atoms with van der Waals surface area (Å²) in [5, 5.41) is 6.40.